The number of halogens is 2. The molecule has 0 aromatic carbocycles. The third-order valence-electron chi connectivity index (χ3n) is 2.18. The molecule has 1 heterocycles. The Labute approximate surface area is 89.6 Å². The van der Waals surface area contributed by atoms with Gasteiger partial charge >= 0.3 is 0 Å². The number of hydrogen-bond acceptors (Lipinski definition) is 3. The van der Waals surface area contributed by atoms with Crippen LogP contribution in [0.4, 0.5) is 4.39 Å². The number of rotatable bonds is 2. The summed E-state index contributed by atoms with van der Waals surface area (Å²) in [7, 11) is 0. The molecule has 1 aliphatic rings. The molecule has 1 aliphatic carbocycles. The summed E-state index contributed by atoms with van der Waals surface area (Å²) < 4.78 is 19.1. The molecule has 1 fully saturated rings. The van der Waals surface area contributed by atoms with Crippen LogP contribution in [-0.2, 0) is 0 Å². The lowest BCUT2D eigenvalue weighted by atomic mass is 9.90. The topological polar surface area (TPSA) is 48.1 Å². The Balaban J connectivity index is 2.02. The number of hydrogen-bond donors (Lipinski definition) is 1. The van der Waals surface area contributed by atoms with Gasteiger partial charge in [0.1, 0.15) is 6.10 Å². The number of nitrogens with zero attached hydrogens (tertiary/aromatic N) is 1. The molecule has 76 valence electrons. The molecule has 5 heteroatoms. The van der Waals surface area contributed by atoms with E-state index >= 15 is 0 Å². The molecule has 2 rings (SSSR count). The maximum absolute atomic E-state index is 13.2. The van der Waals surface area contributed by atoms with Gasteiger partial charge in [0.15, 0.2) is 5.82 Å². The van der Waals surface area contributed by atoms with E-state index in [0.29, 0.717) is 4.47 Å². The highest BCUT2D eigenvalue weighted by atomic mass is 79.9. The molecule has 1 aromatic heterocycles. The van der Waals surface area contributed by atoms with E-state index in [0.717, 1.165) is 12.8 Å². The molecule has 3 nitrogen and oxygen atoms in total. The summed E-state index contributed by atoms with van der Waals surface area (Å²) >= 11 is 3.13. The monoisotopic (exact) mass is 260 g/mol. The molecule has 0 atom stereocenters. The van der Waals surface area contributed by atoms with E-state index in [4.69, 9.17) is 10.5 Å². The van der Waals surface area contributed by atoms with Gasteiger partial charge in [-0.3, -0.25) is 0 Å². The first-order valence-electron chi connectivity index (χ1n) is 4.38. The van der Waals surface area contributed by atoms with Gasteiger partial charge in [-0.25, -0.2) is 9.37 Å². The maximum atomic E-state index is 13.2. The van der Waals surface area contributed by atoms with Crippen LogP contribution in [-0.4, -0.2) is 17.1 Å². The average Bonchev–Trinajstić information content (AvgIpc) is 2.06. The number of ether oxygens (including phenoxy) is 1. The van der Waals surface area contributed by atoms with Gasteiger partial charge in [-0.2, -0.15) is 0 Å². The van der Waals surface area contributed by atoms with Crippen LogP contribution < -0.4 is 10.5 Å². The molecule has 0 bridgehead atoms. The Morgan fingerprint density at radius 3 is 2.86 bits per heavy atom. The zero-order valence-electron chi connectivity index (χ0n) is 7.41. The van der Waals surface area contributed by atoms with E-state index in [1.807, 2.05) is 0 Å². The van der Waals surface area contributed by atoms with Crippen molar-refractivity contribution in [2.75, 3.05) is 0 Å². The maximum Gasteiger partial charge on any atom is 0.250 e. The quantitative estimate of drug-likeness (QED) is 0.883. The van der Waals surface area contributed by atoms with Crippen LogP contribution in [0.3, 0.4) is 0 Å². The third-order valence-corrected chi connectivity index (χ3v) is 2.62. The van der Waals surface area contributed by atoms with E-state index < -0.39 is 5.82 Å². The fourth-order valence-electron chi connectivity index (χ4n) is 1.35. The van der Waals surface area contributed by atoms with Gasteiger partial charge in [0.25, 0.3) is 5.88 Å². The highest BCUT2D eigenvalue weighted by Gasteiger charge is 2.28. The predicted octanol–water partition coefficient (Wildman–Crippen LogP) is 1.85. The van der Waals surface area contributed by atoms with Gasteiger partial charge in [0, 0.05) is 16.7 Å². The number of aromatic nitrogens is 1. The SMILES string of the molecule is NC1CC(Oc2ncc(Br)cc2F)C1. The average molecular weight is 261 g/mol. The predicted molar refractivity (Wildman–Crippen MR) is 53.5 cm³/mol. The minimum atomic E-state index is -0.445. The summed E-state index contributed by atoms with van der Waals surface area (Å²) in [4.78, 5) is 3.84. The van der Waals surface area contributed by atoms with Crippen molar-refractivity contribution >= 4 is 15.9 Å². The van der Waals surface area contributed by atoms with Crippen LogP contribution in [0, 0.1) is 5.82 Å². The summed E-state index contributed by atoms with van der Waals surface area (Å²) in [6.07, 6.45) is 3.08. The van der Waals surface area contributed by atoms with Gasteiger partial charge < -0.3 is 10.5 Å². The normalized spacial score (nSPS) is 25.6. The van der Waals surface area contributed by atoms with Crippen LogP contribution in [0.15, 0.2) is 16.7 Å². The minimum Gasteiger partial charge on any atom is -0.472 e. The van der Waals surface area contributed by atoms with E-state index in [9.17, 15) is 4.39 Å². The largest absolute Gasteiger partial charge is 0.472 e. The molecule has 0 saturated heterocycles. The highest BCUT2D eigenvalue weighted by Crippen LogP contribution is 2.25. The van der Waals surface area contributed by atoms with Crippen molar-refractivity contribution in [2.24, 2.45) is 5.73 Å². The molecule has 14 heavy (non-hydrogen) atoms. The van der Waals surface area contributed by atoms with Crippen LogP contribution in [0.25, 0.3) is 0 Å². The molecule has 1 aromatic rings. The molecule has 0 radical (unpaired) electrons. The molecule has 2 N–H and O–H groups in total. The molecule has 0 unspecified atom stereocenters. The van der Waals surface area contributed by atoms with Crippen LogP contribution in [0.1, 0.15) is 12.8 Å². The summed E-state index contributed by atoms with van der Waals surface area (Å²) in [6, 6.07) is 1.53. The zero-order valence-corrected chi connectivity index (χ0v) is 9.00. The number of nitrogens with two attached hydrogens (primary N) is 1. The van der Waals surface area contributed by atoms with Crippen molar-refractivity contribution in [3.63, 3.8) is 0 Å². The Morgan fingerprint density at radius 2 is 2.29 bits per heavy atom. The molecule has 1 saturated carbocycles. The van der Waals surface area contributed by atoms with Crippen molar-refractivity contribution in [1.82, 2.24) is 4.98 Å². The second kappa shape index (κ2) is 3.82. The van der Waals surface area contributed by atoms with Gasteiger partial charge in [0.2, 0.25) is 0 Å². The van der Waals surface area contributed by atoms with Crippen molar-refractivity contribution < 1.29 is 9.13 Å². The number of pyridine rings is 1. The van der Waals surface area contributed by atoms with Gasteiger partial charge in [-0.05, 0) is 34.8 Å². The standard InChI is InChI=1S/C9H10BrFN2O/c10-5-1-8(11)9(13-4-5)14-7-2-6(12)3-7/h1,4,6-7H,2-3,12H2. The summed E-state index contributed by atoms with van der Waals surface area (Å²) in [6.45, 7) is 0. The van der Waals surface area contributed by atoms with Gasteiger partial charge in [-0.15, -0.1) is 0 Å². The lowest BCUT2D eigenvalue weighted by Gasteiger charge is -2.32. The lowest BCUT2D eigenvalue weighted by Crippen LogP contribution is -2.43. The third kappa shape index (κ3) is 2.04. The van der Waals surface area contributed by atoms with Crippen LogP contribution >= 0.6 is 15.9 Å². The second-order valence-corrected chi connectivity index (χ2v) is 4.33. The molecular weight excluding hydrogens is 251 g/mol. The fourth-order valence-corrected chi connectivity index (χ4v) is 1.65. The first kappa shape index (κ1) is 9.86. The van der Waals surface area contributed by atoms with Crippen molar-refractivity contribution in [3.8, 4) is 5.88 Å². The Bertz CT molecular complexity index is 342. The molecule has 0 aliphatic heterocycles. The highest BCUT2D eigenvalue weighted by molar-refractivity contribution is 9.10. The van der Waals surface area contributed by atoms with Crippen LogP contribution in [0.2, 0.25) is 0 Å². The summed E-state index contributed by atoms with van der Waals surface area (Å²) in [5.41, 5.74) is 5.58. The van der Waals surface area contributed by atoms with E-state index in [2.05, 4.69) is 20.9 Å². The van der Waals surface area contributed by atoms with E-state index in [1.54, 1.807) is 0 Å². The fraction of sp³-hybridized carbons (Fsp3) is 0.444. The lowest BCUT2D eigenvalue weighted by molar-refractivity contribution is 0.0908. The van der Waals surface area contributed by atoms with Crippen molar-refractivity contribution in [2.45, 2.75) is 25.0 Å². The molecular formula is C9H10BrFN2O. The molecule has 0 amide bonds. The first-order chi connectivity index (χ1) is 6.65. The van der Waals surface area contributed by atoms with E-state index in [-0.39, 0.29) is 18.0 Å². The Hall–Kier alpha value is -0.680. The Morgan fingerprint density at radius 1 is 1.57 bits per heavy atom. The Kier molecular flexibility index (Phi) is 2.69. The van der Waals surface area contributed by atoms with Crippen LogP contribution in [0.5, 0.6) is 5.88 Å². The summed E-state index contributed by atoms with van der Waals surface area (Å²) in [5, 5.41) is 0. The van der Waals surface area contributed by atoms with Gasteiger partial charge in [-0.1, -0.05) is 0 Å². The summed E-state index contributed by atoms with van der Waals surface area (Å²) in [5.74, 6) is -0.384. The minimum absolute atomic E-state index is 0.0215. The first-order valence-corrected chi connectivity index (χ1v) is 5.17. The van der Waals surface area contributed by atoms with Gasteiger partial charge in [0.05, 0.1) is 0 Å². The van der Waals surface area contributed by atoms with Crippen molar-refractivity contribution in [3.05, 3.63) is 22.6 Å². The molecule has 0 spiro atoms. The smallest absolute Gasteiger partial charge is 0.250 e. The van der Waals surface area contributed by atoms with Crippen molar-refractivity contribution in [1.29, 1.82) is 0 Å². The second-order valence-electron chi connectivity index (χ2n) is 3.41. The van der Waals surface area contributed by atoms with E-state index in [1.165, 1.54) is 12.3 Å². The zero-order chi connectivity index (χ0) is 10.1.